The highest BCUT2D eigenvalue weighted by Gasteiger charge is 2.26. The van der Waals surface area contributed by atoms with Crippen molar-refractivity contribution >= 4 is 28.9 Å². The summed E-state index contributed by atoms with van der Waals surface area (Å²) in [6.07, 6.45) is -5.10. The van der Waals surface area contributed by atoms with Crippen molar-refractivity contribution in [1.82, 2.24) is 10.2 Å². The lowest BCUT2D eigenvalue weighted by molar-refractivity contribution is -0.132. The molecule has 1 rings (SSSR count). The van der Waals surface area contributed by atoms with Crippen molar-refractivity contribution in [1.29, 1.82) is 0 Å². The van der Waals surface area contributed by atoms with E-state index >= 15 is 0 Å². The molecular weight excluding hydrogens is 311 g/mol. The van der Waals surface area contributed by atoms with E-state index in [0.29, 0.717) is 23.4 Å². The van der Waals surface area contributed by atoms with E-state index in [1.54, 1.807) is 18.0 Å². The number of nitrogens with one attached hydrogen (secondary N) is 1. The Morgan fingerprint density at radius 1 is 1.45 bits per heavy atom. The predicted octanol–water partition coefficient (Wildman–Crippen LogP) is 3.75. The largest absolute Gasteiger partial charge is 0.390 e. The number of hydrogen-bond donors (Lipinski definition) is 1. The van der Waals surface area contributed by atoms with Crippen LogP contribution in [0.4, 0.5) is 13.2 Å². The minimum atomic E-state index is -4.18. The second kappa shape index (κ2) is 7.73. The number of alkyl halides is 3. The van der Waals surface area contributed by atoms with Crippen molar-refractivity contribution in [2.45, 2.75) is 26.1 Å². The van der Waals surface area contributed by atoms with Crippen molar-refractivity contribution < 1.29 is 13.2 Å². The van der Waals surface area contributed by atoms with Gasteiger partial charge in [0.25, 0.3) is 0 Å². The van der Waals surface area contributed by atoms with Crippen LogP contribution >= 0.6 is 22.9 Å². The molecular formula is C12H17ClF3N3S. The number of guanidine groups is 1. The maximum atomic E-state index is 12.1. The standard InChI is InChI=1S/C12H17ClF3N3S/c1-3-17-11(18-7-6-12(14,15)16)19(2)8-9-4-5-10(13)20-9/h4-5H,3,6-8H2,1-2H3,(H,17,18). The van der Waals surface area contributed by atoms with Crippen LogP contribution in [-0.4, -0.2) is 37.2 Å². The highest BCUT2D eigenvalue weighted by atomic mass is 35.5. The van der Waals surface area contributed by atoms with E-state index in [-0.39, 0.29) is 6.54 Å². The lowest BCUT2D eigenvalue weighted by atomic mass is 10.4. The fourth-order valence-electron chi connectivity index (χ4n) is 1.50. The summed E-state index contributed by atoms with van der Waals surface area (Å²) in [5.41, 5.74) is 0. The molecule has 8 heteroatoms. The van der Waals surface area contributed by atoms with Gasteiger partial charge < -0.3 is 10.2 Å². The Morgan fingerprint density at radius 3 is 2.65 bits per heavy atom. The number of nitrogens with zero attached hydrogens (tertiary/aromatic N) is 2. The first kappa shape index (κ1) is 17.1. The minimum Gasteiger partial charge on any atom is -0.357 e. The summed E-state index contributed by atoms with van der Waals surface area (Å²) < 4.78 is 37.1. The highest BCUT2D eigenvalue weighted by molar-refractivity contribution is 7.16. The van der Waals surface area contributed by atoms with Crippen LogP contribution in [0.5, 0.6) is 0 Å². The summed E-state index contributed by atoms with van der Waals surface area (Å²) in [5.74, 6) is 0.460. The predicted molar refractivity (Wildman–Crippen MR) is 77.4 cm³/mol. The van der Waals surface area contributed by atoms with Gasteiger partial charge >= 0.3 is 6.18 Å². The molecule has 0 aromatic carbocycles. The molecule has 0 amide bonds. The number of aliphatic imine (C=N–C) groups is 1. The van der Waals surface area contributed by atoms with E-state index < -0.39 is 12.6 Å². The van der Waals surface area contributed by atoms with Crippen LogP contribution in [0.1, 0.15) is 18.2 Å². The Labute approximate surface area is 125 Å². The lowest BCUT2D eigenvalue weighted by Crippen LogP contribution is -2.38. The molecule has 1 aromatic heterocycles. The second-order valence-corrected chi connectivity index (χ2v) is 5.96. The number of hydrogen-bond acceptors (Lipinski definition) is 2. The lowest BCUT2D eigenvalue weighted by Gasteiger charge is -2.21. The molecule has 3 nitrogen and oxygen atoms in total. The quantitative estimate of drug-likeness (QED) is 0.659. The summed E-state index contributed by atoms with van der Waals surface area (Å²) in [4.78, 5) is 6.79. The third kappa shape index (κ3) is 6.47. The molecule has 0 radical (unpaired) electrons. The van der Waals surface area contributed by atoms with Gasteiger partial charge in [0, 0.05) is 18.5 Å². The zero-order chi connectivity index (χ0) is 15.2. The van der Waals surface area contributed by atoms with Crippen LogP contribution in [0.3, 0.4) is 0 Å². The van der Waals surface area contributed by atoms with Gasteiger partial charge in [0.1, 0.15) is 0 Å². The van der Waals surface area contributed by atoms with Gasteiger partial charge in [-0.2, -0.15) is 13.2 Å². The number of halogens is 4. The Hall–Kier alpha value is -0.950. The zero-order valence-electron chi connectivity index (χ0n) is 11.3. The normalized spacial score (nSPS) is 12.6. The van der Waals surface area contributed by atoms with Crippen molar-refractivity contribution in [3.05, 3.63) is 21.3 Å². The molecule has 1 heterocycles. The SMILES string of the molecule is CCNC(=NCCC(F)(F)F)N(C)Cc1ccc(Cl)s1. The van der Waals surface area contributed by atoms with Crippen molar-refractivity contribution in [3.8, 4) is 0 Å². The van der Waals surface area contributed by atoms with Gasteiger partial charge in [-0.15, -0.1) is 11.3 Å². The first-order chi connectivity index (χ1) is 9.31. The Morgan fingerprint density at radius 2 is 2.15 bits per heavy atom. The van der Waals surface area contributed by atoms with Gasteiger partial charge in [-0.1, -0.05) is 11.6 Å². The van der Waals surface area contributed by atoms with Gasteiger partial charge in [0.15, 0.2) is 5.96 Å². The second-order valence-electron chi connectivity index (χ2n) is 4.16. The van der Waals surface area contributed by atoms with Gasteiger partial charge in [0.2, 0.25) is 0 Å². The van der Waals surface area contributed by atoms with E-state index in [1.807, 2.05) is 13.0 Å². The average Bonchev–Trinajstić information content (AvgIpc) is 2.72. The van der Waals surface area contributed by atoms with Crippen LogP contribution in [0.25, 0.3) is 0 Å². The van der Waals surface area contributed by atoms with Crippen molar-refractivity contribution in [3.63, 3.8) is 0 Å². The molecule has 0 spiro atoms. The van der Waals surface area contributed by atoms with E-state index in [1.165, 1.54) is 11.3 Å². The molecule has 1 N–H and O–H groups in total. The number of rotatable bonds is 5. The van der Waals surface area contributed by atoms with E-state index in [4.69, 9.17) is 11.6 Å². The van der Waals surface area contributed by atoms with Gasteiger partial charge in [-0.25, -0.2) is 0 Å². The van der Waals surface area contributed by atoms with Crippen LogP contribution in [0.15, 0.2) is 17.1 Å². The Kier molecular flexibility index (Phi) is 6.61. The van der Waals surface area contributed by atoms with Crippen LogP contribution < -0.4 is 5.32 Å². The fraction of sp³-hybridized carbons (Fsp3) is 0.583. The third-order valence-electron chi connectivity index (χ3n) is 2.38. The van der Waals surface area contributed by atoms with Crippen LogP contribution in [0, 0.1) is 0 Å². The van der Waals surface area contributed by atoms with E-state index in [0.717, 1.165) is 4.88 Å². The van der Waals surface area contributed by atoms with Gasteiger partial charge in [-0.05, 0) is 19.1 Å². The molecule has 0 fully saturated rings. The van der Waals surface area contributed by atoms with Crippen LogP contribution in [0.2, 0.25) is 4.34 Å². The molecule has 0 saturated carbocycles. The summed E-state index contributed by atoms with van der Waals surface area (Å²) in [6, 6.07) is 3.69. The fourth-order valence-corrected chi connectivity index (χ4v) is 2.64. The third-order valence-corrected chi connectivity index (χ3v) is 3.59. The summed E-state index contributed by atoms with van der Waals surface area (Å²) in [7, 11) is 1.78. The highest BCUT2D eigenvalue weighted by Crippen LogP contribution is 2.22. The molecule has 114 valence electrons. The molecule has 1 aromatic rings. The van der Waals surface area contributed by atoms with Crippen molar-refractivity contribution in [2.24, 2.45) is 4.99 Å². The summed E-state index contributed by atoms with van der Waals surface area (Å²) >= 11 is 7.29. The maximum Gasteiger partial charge on any atom is 0.390 e. The summed E-state index contributed by atoms with van der Waals surface area (Å²) in [6.45, 7) is 2.74. The minimum absolute atomic E-state index is 0.276. The molecule has 0 aliphatic heterocycles. The molecule has 0 aliphatic rings. The molecule has 0 unspecified atom stereocenters. The monoisotopic (exact) mass is 327 g/mol. The molecule has 0 atom stereocenters. The van der Waals surface area contributed by atoms with E-state index in [2.05, 4.69) is 10.3 Å². The van der Waals surface area contributed by atoms with Gasteiger partial charge in [0.05, 0.1) is 23.8 Å². The molecule has 20 heavy (non-hydrogen) atoms. The Balaban J connectivity index is 2.61. The van der Waals surface area contributed by atoms with E-state index in [9.17, 15) is 13.2 Å². The smallest absolute Gasteiger partial charge is 0.357 e. The topological polar surface area (TPSA) is 27.6 Å². The van der Waals surface area contributed by atoms with Crippen LogP contribution in [-0.2, 0) is 6.54 Å². The molecule has 0 bridgehead atoms. The van der Waals surface area contributed by atoms with Crippen molar-refractivity contribution in [2.75, 3.05) is 20.1 Å². The first-order valence-corrected chi connectivity index (χ1v) is 7.31. The average molecular weight is 328 g/mol. The number of thiophene rings is 1. The molecule has 0 saturated heterocycles. The first-order valence-electron chi connectivity index (χ1n) is 6.12. The maximum absolute atomic E-state index is 12.1. The summed E-state index contributed by atoms with van der Waals surface area (Å²) in [5, 5.41) is 2.98. The Bertz CT molecular complexity index is 445. The van der Waals surface area contributed by atoms with Gasteiger partial charge in [-0.3, -0.25) is 4.99 Å². The molecule has 0 aliphatic carbocycles. The zero-order valence-corrected chi connectivity index (χ0v) is 12.9.